The largest absolute Gasteiger partial charge is 0.545 e. The summed E-state index contributed by atoms with van der Waals surface area (Å²) in [4.78, 5) is 19.5. The Morgan fingerprint density at radius 3 is 2.50 bits per heavy atom. The summed E-state index contributed by atoms with van der Waals surface area (Å²) in [6.45, 7) is 0. The number of carboxylic acids is 1. The predicted octanol–water partition coefficient (Wildman–Crippen LogP) is 0.751. The third-order valence-corrected chi connectivity index (χ3v) is 1.77. The number of carbonyl (C=O) groups is 1. The van der Waals surface area contributed by atoms with Crippen LogP contribution in [0.3, 0.4) is 0 Å². The molecule has 1 aromatic carbocycles. The highest BCUT2D eigenvalue weighted by Gasteiger charge is 2.17. The number of carboxylic acid groups (broad SMARTS) is 1. The second kappa shape index (κ2) is 3.59. The molecular formula is C7H2ClFNO4-. The third-order valence-electron chi connectivity index (χ3n) is 1.45. The molecule has 5 nitrogen and oxygen atoms in total. The minimum atomic E-state index is -1.70. The summed E-state index contributed by atoms with van der Waals surface area (Å²) in [6, 6.07) is 1.08. The molecule has 0 aliphatic carbocycles. The lowest BCUT2D eigenvalue weighted by Crippen LogP contribution is -2.22. The third kappa shape index (κ3) is 1.80. The number of carbonyl (C=O) groups excluding carboxylic acids is 1. The monoisotopic (exact) mass is 218 g/mol. The van der Waals surface area contributed by atoms with Crippen LogP contribution in [-0.2, 0) is 0 Å². The first kappa shape index (κ1) is 10.4. The lowest BCUT2D eigenvalue weighted by molar-refractivity contribution is -0.387. The highest BCUT2D eigenvalue weighted by Crippen LogP contribution is 2.25. The summed E-state index contributed by atoms with van der Waals surface area (Å²) in [5, 5.41) is 20.1. The smallest absolute Gasteiger partial charge is 0.305 e. The van der Waals surface area contributed by atoms with E-state index in [4.69, 9.17) is 11.6 Å². The molecular weight excluding hydrogens is 217 g/mol. The Kier molecular flexibility index (Phi) is 2.66. The fourth-order valence-electron chi connectivity index (χ4n) is 0.834. The highest BCUT2D eigenvalue weighted by molar-refractivity contribution is 6.33. The van der Waals surface area contributed by atoms with Crippen molar-refractivity contribution in [2.75, 3.05) is 0 Å². The van der Waals surface area contributed by atoms with Crippen LogP contribution in [0.4, 0.5) is 10.1 Å². The Bertz CT molecular complexity index is 385. The lowest BCUT2D eigenvalue weighted by atomic mass is 10.2. The van der Waals surface area contributed by atoms with Crippen molar-refractivity contribution in [1.29, 1.82) is 0 Å². The van der Waals surface area contributed by atoms with Crippen molar-refractivity contribution < 1.29 is 19.2 Å². The molecule has 0 atom stereocenters. The van der Waals surface area contributed by atoms with Crippen LogP contribution in [0.1, 0.15) is 10.4 Å². The van der Waals surface area contributed by atoms with Crippen molar-refractivity contribution >= 4 is 23.3 Å². The Morgan fingerprint density at radius 1 is 1.50 bits per heavy atom. The van der Waals surface area contributed by atoms with Gasteiger partial charge in [-0.2, -0.15) is 4.39 Å². The zero-order chi connectivity index (χ0) is 10.9. The average molecular weight is 219 g/mol. The molecule has 0 amide bonds. The topological polar surface area (TPSA) is 83.3 Å². The zero-order valence-electron chi connectivity index (χ0n) is 6.49. The van der Waals surface area contributed by atoms with Crippen molar-refractivity contribution in [1.82, 2.24) is 0 Å². The van der Waals surface area contributed by atoms with E-state index in [0.717, 1.165) is 0 Å². The highest BCUT2D eigenvalue weighted by atomic mass is 35.5. The van der Waals surface area contributed by atoms with Gasteiger partial charge in [0.2, 0.25) is 5.82 Å². The molecule has 1 aromatic rings. The number of hydrogen-bond acceptors (Lipinski definition) is 4. The molecule has 0 aliphatic rings. The van der Waals surface area contributed by atoms with E-state index in [1.54, 1.807) is 0 Å². The van der Waals surface area contributed by atoms with Gasteiger partial charge in [0, 0.05) is 17.7 Å². The number of nitro groups is 1. The van der Waals surface area contributed by atoms with E-state index in [1.807, 2.05) is 0 Å². The lowest BCUT2D eigenvalue weighted by Gasteiger charge is -2.04. The molecule has 0 spiro atoms. The number of halogens is 2. The first-order chi connectivity index (χ1) is 6.43. The first-order valence-corrected chi connectivity index (χ1v) is 3.66. The van der Waals surface area contributed by atoms with Crippen LogP contribution in [0.2, 0.25) is 5.02 Å². The molecule has 0 unspecified atom stereocenters. The Morgan fingerprint density at radius 2 is 2.07 bits per heavy atom. The zero-order valence-corrected chi connectivity index (χ0v) is 7.25. The van der Waals surface area contributed by atoms with E-state index in [1.165, 1.54) is 0 Å². The number of benzene rings is 1. The van der Waals surface area contributed by atoms with Crippen molar-refractivity contribution in [3.63, 3.8) is 0 Å². The molecule has 0 fully saturated rings. The summed E-state index contributed by atoms with van der Waals surface area (Å²) >= 11 is 5.32. The molecule has 1 rings (SSSR count). The Hall–Kier alpha value is -1.69. The average Bonchev–Trinajstić information content (AvgIpc) is 2.02. The Labute approximate surface area is 81.9 Å². The van der Waals surface area contributed by atoms with Crippen LogP contribution in [0.15, 0.2) is 12.1 Å². The summed E-state index contributed by atoms with van der Waals surface area (Å²) < 4.78 is 12.8. The molecule has 7 heteroatoms. The molecule has 0 aliphatic heterocycles. The SMILES string of the molecule is O=C([O-])c1cc([N+](=O)[O-])c(F)cc1Cl. The number of nitro benzene ring substituents is 1. The molecule has 0 radical (unpaired) electrons. The van der Waals surface area contributed by atoms with Crippen LogP contribution in [0.5, 0.6) is 0 Å². The van der Waals surface area contributed by atoms with Gasteiger partial charge in [-0.15, -0.1) is 0 Å². The summed E-state index contributed by atoms with van der Waals surface area (Å²) in [7, 11) is 0. The molecule has 74 valence electrons. The van der Waals surface area contributed by atoms with E-state index >= 15 is 0 Å². The van der Waals surface area contributed by atoms with Gasteiger partial charge in [-0.3, -0.25) is 10.1 Å². The molecule has 0 saturated carbocycles. The molecule has 0 saturated heterocycles. The Balaban J connectivity index is 3.42. The van der Waals surface area contributed by atoms with Crippen molar-refractivity contribution in [2.24, 2.45) is 0 Å². The molecule has 0 bridgehead atoms. The van der Waals surface area contributed by atoms with Gasteiger partial charge in [-0.05, 0) is 0 Å². The van der Waals surface area contributed by atoms with E-state index in [0.29, 0.717) is 12.1 Å². The van der Waals surface area contributed by atoms with E-state index in [-0.39, 0.29) is 0 Å². The van der Waals surface area contributed by atoms with E-state index < -0.39 is 33.0 Å². The maximum atomic E-state index is 12.8. The van der Waals surface area contributed by atoms with Crippen LogP contribution < -0.4 is 5.11 Å². The number of rotatable bonds is 2. The standard InChI is InChI=1S/C7H3ClFNO4/c8-4-2-5(9)6(10(13)14)1-3(4)7(11)12/h1-2H,(H,11,12)/p-1. The number of nitrogens with zero attached hydrogens (tertiary/aromatic N) is 1. The summed E-state index contributed by atoms with van der Waals surface area (Å²) in [5.41, 5.74) is -1.56. The minimum absolute atomic E-state index is 0.437. The predicted molar refractivity (Wildman–Crippen MR) is 42.4 cm³/mol. The normalized spacial score (nSPS) is 9.86. The second-order valence-electron chi connectivity index (χ2n) is 2.33. The maximum absolute atomic E-state index is 12.8. The van der Waals surface area contributed by atoms with Gasteiger partial charge in [0.05, 0.1) is 15.9 Å². The van der Waals surface area contributed by atoms with Gasteiger partial charge < -0.3 is 9.90 Å². The van der Waals surface area contributed by atoms with Crippen LogP contribution >= 0.6 is 11.6 Å². The van der Waals surface area contributed by atoms with Gasteiger partial charge in [-0.25, -0.2) is 0 Å². The maximum Gasteiger partial charge on any atom is 0.305 e. The fraction of sp³-hybridized carbons (Fsp3) is 0. The summed E-state index contributed by atoms with van der Waals surface area (Å²) in [5.74, 6) is -2.89. The fourth-order valence-corrected chi connectivity index (χ4v) is 1.06. The molecule has 0 N–H and O–H groups in total. The van der Waals surface area contributed by atoms with Crippen LogP contribution in [0.25, 0.3) is 0 Å². The van der Waals surface area contributed by atoms with Crippen molar-refractivity contribution in [3.8, 4) is 0 Å². The van der Waals surface area contributed by atoms with Gasteiger partial charge in [-0.1, -0.05) is 11.6 Å². The molecule has 0 heterocycles. The van der Waals surface area contributed by atoms with Gasteiger partial charge in [0.25, 0.3) is 0 Å². The molecule has 14 heavy (non-hydrogen) atoms. The first-order valence-electron chi connectivity index (χ1n) is 3.28. The number of hydrogen-bond donors (Lipinski definition) is 0. The minimum Gasteiger partial charge on any atom is -0.545 e. The quantitative estimate of drug-likeness (QED) is 0.542. The van der Waals surface area contributed by atoms with Crippen LogP contribution in [-0.4, -0.2) is 10.9 Å². The van der Waals surface area contributed by atoms with Gasteiger partial charge in [0.15, 0.2) is 0 Å². The second-order valence-corrected chi connectivity index (χ2v) is 2.74. The van der Waals surface area contributed by atoms with E-state index in [2.05, 4.69) is 0 Å². The molecule has 0 aromatic heterocycles. The van der Waals surface area contributed by atoms with Crippen molar-refractivity contribution in [2.45, 2.75) is 0 Å². The summed E-state index contributed by atoms with van der Waals surface area (Å²) in [6.07, 6.45) is 0. The van der Waals surface area contributed by atoms with Crippen LogP contribution in [0, 0.1) is 15.9 Å². The van der Waals surface area contributed by atoms with Gasteiger partial charge in [0.1, 0.15) is 0 Å². The van der Waals surface area contributed by atoms with Gasteiger partial charge >= 0.3 is 5.69 Å². The van der Waals surface area contributed by atoms with Crippen molar-refractivity contribution in [3.05, 3.63) is 38.7 Å². The van der Waals surface area contributed by atoms with E-state index in [9.17, 15) is 24.4 Å². The number of aromatic carboxylic acids is 1.